The number of halogens is 6. The standard InChI is InChI=1S/C15H8Cl5FO2/c1-2-23-15(22)6-3-4-8(21)7(5-6)9-10(16)12(18)14(20)13(19)11(9)17/h3-5H,2H2,1H3. The third-order valence-corrected chi connectivity index (χ3v) is 5.23. The minimum atomic E-state index is -0.656. The van der Waals surface area contributed by atoms with Crippen LogP contribution < -0.4 is 0 Å². The Labute approximate surface area is 157 Å². The summed E-state index contributed by atoms with van der Waals surface area (Å²) < 4.78 is 19.1. The Morgan fingerprint density at radius 2 is 1.52 bits per heavy atom. The van der Waals surface area contributed by atoms with Gasteiger partial charge in [-0.05, 0) is 25.1 Å². The highest BCUT2D eigenvalue weighted by molar-refractivity contribution is 6.56. The van der Waals surface area contributed by atoms with Crippen molar-refractivity contribution in [3.63, 3.8) is 0 Å². The van der Waals surface area contributed by atoms with E-state index in [1.807, 2.05) is 0 Å². The zero-order chi connectivity index (χ0) is 17.3. The quantitative estimate of drug-likeness (QED) is 0.308. The number of benzene rings is 2. The molecule has 8 heteroatoms. The molecule has 0 aliphatic heterocycles. The molecule has 0 heterocycles. The highest BCUT2D eigenvalue weighted by Gasteiger charge is 2.23. The molecule has 0 aromatic heterocycles. The van der Waals surface area contributed by atoms with Gasteiger partial charge in [-0.2, -0.15) is 0 Å². The molecule has 0 aliphatic carbocycles. The SMILES string of the molecule is CCOC(=O)c1ccc(F)c(-c2c(Cl)c(Cl)c(Cl)c(Cl)c2Cl)c1. The van der Waals surface area contributed by atoms with Gasteiger partial charge >= 0.3 is 5.97 Å². The van der Waals surface area contributed by atoms with Gasteiger partial charge in [0.25, 0.3) is 0 Å². The van der Waals surface area contributed by atoms with E-state index in [4.69, 9.17) is 62.7 Å². The number of ether oxygens (including phenoxy) is 1. The third kappa shape index (κ3) is 3.54. The van der Waals surface area contributed by atoms with Crippen molar-refractivity contribution in [2.24, 2.45) is 0 Å². The van der Waals surface area contributed by atoms with Crippen molar-refractivity contribution in [3.05, 3.63) is 54.7 Å². The molecule has 2 aromatic rings. The Morgan fingerprint density at radius 1 is 1.00 bits per heavy atom. The fourth-order valence-corrected chi connectivity index (χ4v) is 3.24. The lowest BCUT2D eigenvalue weighted by molar-refractivity contribution is 0.0526. The second-order valence-corrected chi connectivity index (χ2v) is 6.25. The number of carbonyl (C=O) groups is 1. The smallest absolute Gasteiger partial charge is 0.338 e. The van der Waals surface area contributed by atoms with Crippen molar-refractivity contribution >= 4 is 64.0 Å². The Kier molecular flexibility index (Phi) is 6.04. The van der Waals surface area contributed by atoms with Gasteiger partial charge in [-0.3, -0.25) is 0 Å². The summed E-state index contributed by atoms with van der Waals surface area (Å²) in [5.74, 6) is -1.26. The van der Waals surface area contributed by atoms with Crippen LogP contribution in [-0.4, -0.2) is 12.6 Å². The zero-order valence-electron chi connectivity index (χ0n) is 11.5. The molecule has 0 radical (unpaired) electrons. The Balaban J connectivity index is 2.72. The maximum atomic E-state index is 14.2. The number of esters is 1. The molecule has 0 fully saturated rings. The van der Waals surface area contributed by atoms with E-state index in [1.54, 1.807) is 6.92 Å². The maximum absolute atomic E-state index is 14.2. The highest BCUT2D eigenvalue weighted by Crippen LogP contribution is 2.48. The minimum absolute atomic E-state index is 0.0333. The number of hydrogen-bond donors (Lipinski definition) is 0. The molecule has 0 amide bonds. The topological polar surface area (TPSA) is 26.3 Å². The molecular formula is C15H8Cl5FO2. The molecule has 2 aromatic carbocycles. The van der Waals surface area contributed by atoms with Gasteiger partial charge in [0, 0.05) is 11.1 Å². The Morgan fingerprint density at radius 3 is 2.04 bits per heavy atom. The van der Waals surface area contributed by atoms with Crippen LogP contribution in [-0.2, 0) is 4.74 Å². The first-order valence-electron chi connectivity index (χ1n) is 6.28. The lowest BCUT2D eigenvalue weighted by atomic mass is 10.0. The maximum Gasteiger partial charge on any atom is 0.338 e. The summed E-state index contributed by atoms with van der Waals surface area (Å²) in [4.78, 5) is 11.8. The summed E-state index contributed by atoms with van der Waals surface area (Å²) in [6, 6.07) is 3.66. The molecule has 0 saturated carbocycles. The molecule has 0 atom stereocenters. The van der Waals surface area contributed by atoms with Gasteiger partial charge in [0.2, 0.25) is 0 Å². The van der Waals surface area contributed by atoms with Gasteiger partial charge in [-0.25, -0.2) is 9.18 Å². The van der Waals surface area contributed by atoms with E-state index in [1.165, 1.54) is 12.1 Å². The molecule has 0 saturated heterocycles. The normalized spacial score (nSPS) is 10.7. The summed E-state index contributed by atoms with van der Waals surface area (Å²) in [5.41, 5.74) is 0.153. The molecule has 2 nitrogen and oxygen atoms in total. The summed E-state index contributed by atoms with van der Waals surface area (Å²) >= 11 is 30.2. The van der Waals surface area contributed by atoms with Crippen LogP contribution in [0.4, 0.5) is 4.39 Å². The number of carbonyl (C=O) groups excluding carboxylic acids is 1. The van der Waals surface area contributed by atoms with Gasteiger partial charge in [0.05, 0.1) is 37.3 Å². The fourth-order valence-electron chi connectivity index (χ4n) is 1.90. The number of rotatable bonds is 3. The van der Waals surface area contributed by atoms with Crippen molar-refractivity contribution in [2.75, 3.05) is 6.61 Å². The molecule has 2 rings (SSSR count). The van der Waals surface area contributed by atoms with Crippen molar-refractivity contribution in [2.45, 2.75) is 6.92 Å². The second-order valence-electron chi connectivity index (χ2n) is 4.36. The first-order chi connectivity index (χ1) is 10.8. The average molecular weight is 416 g/mol. The van der Waals surface area contributed by atoms with Crippen LogP contribution in [0.25, 0.3) is 11.1 Å². The van der Waals surface area contributed by atoms with E-state index >= 15 is 0 Å². The molecule has 23 heavy (non-hydrogen) atoms. The van der Waals surface area contributed by atoms with E-state index < -0.39 is 11.8 Å². The highest BCUT2D eigenvalue weighted by atomic mass is 35.5. The Bertz CT molecular complexity index is 763. The van der Waals surface area contributed by atoms with Crippen LogP contribution in [0.5, 0.6) is 0 Å². The fraction of sp³-hybridized carbons (Fsp3) is 0.133. The molecule has 0 aliphatic rings. The van der Waals surface area contributed by atoms with E-state index in [0.717, 1.165) is 6.07 Å². The van der Waals surface area contributed by atoms with Crippen LogP contribution >= 0.6 is 58.0 Å². The van der Waals surface area contributed by atoms with Crippen LogP contribution in [0.15, 0.2) is 18.2 Å². The summed E-state index contributed by atoms with van der Waals surface area (Å²) in [5, 5.41) is -0.275. The van der Waals surface area contributed by atoms with Gasteiger partial charge in [0.1, 0.15) is 5.82 Å². The lowest BCUT2D eigenvalue weighted by Gasteiger charge is -2.14. The van der Waals surface area contributed by atoms with Crippen LogP contribution in [0.1, 0.15) is 17.3 Å². The first kappa shape index (κ1) is 18.6. The summed E-state index contributed by atoms with van der Waals surface area (Å²) in [6.45, 7) is 1.85. The van der Waals surface area contributed by atoms with Crippen LogP contribution in [0.2, 0.25) is 25.1 Å². The average Bonchev–Trinajstić information content (AvgIpc) is 2.53. The minimum Gasteiger partial charge on any atom is -0.462 e. The van der Waals surface area contributed by atoms with Gasteiger partial charge < -0.3 is 4.74 Å². The van der Waals surface area contributed by atoms with E-state index in [0.29, 0.717) is 0 Å². The lowest BCUT2D eigenvalue weighted by Crippen LogP contribution is -2.05. The van der Waals surface area contributed by atoms with E-state index in [-0.39, 0.29) is 48.4 Å². The molecule has 0 N–H and O–H groups in total. The van der Waals surface area contributed by atoms with Crippen molar-refractivity contribution in [3.8, 4) is 11.1 Å². The van der Waals surface area contributed by atoms with Crippen molar-refractivity contribution < 1.29 is 13.9 Å². The van der Waals surface area contributed by atoms with E-state index in [2.05, 4.69) is 0 Å². The van der Waals surface area contributed by atoms with E-state index in [9.17, 15) is 9.18 Å². The largest absolute Gasteiger partial charge is 0.462 e. The van der Waals surface area contributed by atoms with Crippen LogP contribution in [0.3, 0.4) is 0 Å². The number of hydrogen-bond acceptors (Lipinski definition) is 2. The van der Waals surface area contributed by atoms with Crippen molar-refractivity contribution in [1.82, 2.24) is 0 Å². The zero-order valence-corrected chi connectivity index (χ0v) is 15.3. The van der Waals surface area contributed by atoms with Crippen molar-refractivity contribution in [1.29, 1.82) is 0 Å². The molecule has 122 valence electrons. The van der Waals surface area contributed by atoms with Gasteiger partial charge in [0.15, 0.2) is 0 Å². The predicted molar refractivity (Wildman–Crippen MR) is 92.8 cm³/mol. The van der Waals surface area contributed by atoms with Gasteiger partial charge in [-0.1, -0.05) is 58.0 Å². The Hall–Kier alpha value is -0.710. The monoisotopic (exact) mass is 414 g/mol. The summed E-state index contributed by atoms with van der Waals surface area (Å²) in [7, 11) is 0. The molecule has 0 bridgehead atoms. The third-order valence-electron chi connectivity index (χ3n) is 2.96. The first-order valence-corrected chi connectivity index (χ1v) is 8.17. The predicted octanol–water partition coefficient (Wildman–Crippen LogP) is 6.94. The molecule has 0 spiro atoms. The van der Waals surface area contributed by atoms with Crippen LogP contribution in [0, 0.1) is 5.82 Å². The molecule has 0 unspecified atom stereocenters. The molecular weight excluding hydrogens is 408 g/mol. The van der Waals surface area contributed by atoms with Gasteiger partial charge in [-0.15, -0.1) is 0 Å². The second kappa shape index (κ2) is 7.45. The summed E-state index contributed by atoms with van der Waals surface area (Å²) in [6.07, 6.45) is 0.